The molecule has 1 aromatic heterocycles. The second-order valence-electron chi connectivity index (χ2n) is 5.95. The first-order valence-corrected chi connectivity index (χ1v) is 7.89. The molecule has 0 saturated heterocycles. The van der Waals surface area contributed by atoms with Crippen LogP contribution in [0.3, 0.4) is 0 Å². The van der Waals surface area contributed by atoms with Crippen molar-refractivity contribution in [2.45, 2.75) is 25.9 Å². The highest BCUT2D eigenvalue weighted by atomic mass is 16.5. The normalized spacial score (nSPS) is 17.6. The van der Waals surface area contributed by atoms with Crippen molar-refractivity contribution < 1.29 is 9.52 Å². The molecule has 1 unspecified atom stereocenters. The number of carbonyl (C=O) groups is 1. The Bertz CT molecular complexity index is 700. The topological polar surface area (TPSA) is 50.5 Å². The summed E-state index contributed by atoms with van der Waals surface area (Å²) < 4.78 is 0.694. The smallest absolute Gasteiger partial charge is 0.254 e. The standard InChI is InChI=1S/C18H21N3O2/c1-3-16-13-19(2)17-7-5-4-6-15(17)12-21(16)18(22)14-8-10-20(23)11-9-14/h4-11,16H,3,12-13H2,1-2H3. The summed E-state index contributed by atoms with van der Waals surface area (Å²) in [6.07, 6.45) is 3.62. The minimum Gasteiger partial charge on any atom is -0.619 e. The Morgan fingerprint density at radius 1 is 1.26 bits per heavy atom. The Labute approximate surface area is 136 Å². The van der Waals surface area contributed by atoms with Gasteiger partial charge in [0.25, 0.3) is 5.91 Å². The number of carbonyl (C=O) groups excluding carboxylic acids is 1. The monoisotopic (exact) mass is 311 g/mol. The molecule has 0 N–H and O–H groups in total. The van der Waals surface area contributed by atoms with Gasteiger partial charge in [0.1, 0.15) is 0 Å². The SMILES string of the molecule is CCC1CN(C)c2ccccc2CN1C(=O)c1cc[n+]([O-])cc1. The van der Waals surface area contributed by atoms with Gasteiger partial charge in [-0.15, -0.1) is 0 Å². The molecular formula is C18H21N3O2. The van der Waals surface area contributed by atoms with Crippen LogP contribution in [0, 0.1) is 5.21 Å². The Kier molecular flexibility index (Phi) is 4.19. The minimum absolute atomic E-state index is 0.0254. The third-order valence-electron chi connectivity index (χ3n) is 4.45. The van der Waals surface area contributed by atoms with E-state index in [1.54, 1.807) is 12.1 Å². The predicted molar refractivity (Wildman–Crippen MR) is 89.1 cm³/mol. The van der Waals surface area contributed by atoms with Crippen molar-refractivity contribution in [1.82, 2.24) is 4.90 Å². The zero-order chi connectivity index (χ0) is 16.4. The molecular weight excluding hydrogens is 290 g/mol. The summed E-state index contributed by atoms with van der Waals surface area (Å²) in [6, 6.07) is 11.5. The van der Waals surface area contributed by atoms with Crippen molar-refractivity contribution in [3.8, 4) is 0 Å². The molecule has 1 aliphatic heterocycles. The molecule has 1 aliphatic rings. The van der Waals surface area contributed by atoms with Gasteiger partial charge in [-0.25, -0.2) is 0 Å². The van der Waals surface area contributed by atoms with Crippen LogP contribution >= 0.6 is 0 Å². The number of anilines is 1. The number of pyridine rings is 1. The minimum atomic E-state index is -0.0254. The number of aromatic nitrogens is 1. The molecule has 1 atom stereocenters. The van der Waals surface area contributed by atoms with Crippen LogP contribution < -0.4 is 9.63 Å². The molecule has 5 heteroatoms. The van der Waals surface area contributed by atoms with Crippen LogP contribution in [0.4, 0.5) is 5.69 Å². The Balaban J connectivity index is 1.96. The average Bonchev–Trinajstić information content (AvgIpc) is 2.72. The van der Waals surface area contributed by atoms with Crippen molar-refractivity contribution >= 4 is 11.6 Å². The van der Waals surface area contributed by atoms with Crippen molar-refractivity contribution in [3.63, 3.8) is 0 Å². The quantitative estimate of drug-likeness (QED) is 0.631. The maximum absolute atomic E-state index is 12.9. The fourth-order valence-corrected chi connectivity index (χ4v) is 3.15. The summed E-state index contributed by atoms with van der Waals surface area (Å²) in [7, 11) is 2.07. The lowest BCUT2D eigenvalue weighted by Gasteiger charge is -2.30. The summed E-state index contributed by atoms with van der Waals surface area (Å²) in [5.41, 5.74) is 2.87. The molecule has 2 heterocycles. The Morgan fingerprint density at radius 3 is 2.65 bits per heavy atom. The van der Waals surface area contributed by atoms with Gasteiger partial charge in [0.05, 0.1) is 5.56 Å². The van der Waals surface area contributed by atoms with Crippen molar-refractivity contribution in [1.29, 1.82) is 0 Å². The molecule has 0 bridgehead atoms. The van der Waals surface area contributed by atoms with Crippen LogP contribution in [0.1, 0.15) is 29.3 Å². The van der Waals surface area contributed by atoms with Crippen molar-refractivity contribution in [3.05, 3.63) is 65.1 Å². The molecule has 1 aromatic carbocycles. The fraction of sp³-hybridized carbons (Fsp3) is 0.333. The van der Waals surface area contributed by atoms with E-state index in [2.05, 4.69) is 31.0 Å². The molecule has 2 aromatic rings. The molecule has 0 aliphatic carbocycles. The second kappa shape index (κ2) is 6.28. The third-order valence-corrected chi connectivity index (χ3v) is 4.45. The van der Waals surface area contributed by atoms with E-state index in [-0.39, 0.29) is 11.9 Å². The van der Waals surface area contributed by atoms with Crippen LogP contribution in [0.25, 0.3) is 0 Å². The van der Waals surface area contributed by atoms with Gasteiger partial charge < -0.3 is 15.0 Å². The zero-order valence-corrected chi connectivity index (χ0v) is 13.5. The highest BCUT2D eigenvalue weighted by Crippen LogP contribution is 2.27. The molecule has 120 valence electrons. The number of fused-ring (bicyclic) bond motifs is 1. The summed E-state index contributed by atoms with van der Waals surface area (Å²) in [6.45, 7) is 3.49. The zero-order valence-electron chi connectivity index (χ0n) is 13.5. The van der Waals surface area contributed by atoms with Gasteiger partial charge in [0.15, 0.2) is 12.4 Å². The molecule has 0 radical (unpaired) electrons. The number of likely N-dealkylation sites (N-methyl/N-ethyl adjacent to an activating group) is 1. The fourth-order valence-electron chi connectivity index (χ4n) is 3.15. The van der Waals surface area contributed by atoms with E-state index in [9.17, 15) is 10.0 Å². The molecule has 1 amide bonds. The highest BCUT2D eigenvalue weighted by molar-refractivity contribution is 5.94. The van der Waals surface area contributed by atoms with E-state index in [0.717, 1.165) is 18.5 Å². The summed E-state index contributed by atoms with van der Waals surface area (Å²) in [5.74, 6) is -0.0254. The van der Waals surface area contributed by atoms with E-state index in [0.29, 0.717) is 16.8 Å². The molecule has 5 nitrogen and oxygen atoms in total. The van der Waals surface area contributed by atoms with Gasteiger partial charge in [-0.3, -0.25) is 4.79 Å². The number of para-hydroxylation sites is 1. The predicted octanol–water partition coefficient (Wildman–Crippen LogP) is 2.19. The van der Waals surface area contributed by atoms with E-state index in [4.69, 9.17) is 0 Å². The van der Waals surface area contributed by atoms with Crippen LogP contribution in [0.5, 0.6) is 0 Å². The van der Waals surface area contributed by atoms with Gasteiger partial charge in [-0.05, 0) is 18.1 Å². The molecule has 0 fully saturated rings. The molecule has 0 saturated carbocycles. The van der Waals surface area contributed by atoms with Crippen LogP contribution in [-0.4, -0.2) is 30.4 Å². The largest absolute Gasteiger partial charge is 0.619 e. The summed E-state index contributed by atoms with van der Waals surface area (Å²) >= 11 is 0. The molecule has 0 spiro atoms. The maximum Gasteiger partial charge on any atom is 0.254 e. The van der Waals surface area contributed by atoms with Crippen LogP contribution in [0.2, 0.25) is 0 Å². The number of rotatable bonds is 2. The van der Waals surface area contributed by atoms with Gasteiger partial charge >= 0.3 is 0 Å². The van der Waals surface area contributed by atoms with Crippen molar-refractivity contribution in [2.24, 2.45) is 0 Å². The van der Waals surface area contributed by atoms with Crippen molar-refractivity contribution in [2.75, 3.05) is 18.5 Å². The van der Waals surface area contributed by atoms with Crippen LogP contribution in [0.15, 0.2) is 48.8 Å². The first-order chi connectivity index (χ1) is 11.1. The first kappa shape index (κ1) is 15.3. The number of nitrogens with zero attached hydrogens (tertiary/aromatic N) is 3. The Hall–Kier alpha value is -2.56. The maximum atomic E-state index is 12.9. The summed E-state index contributed by atoms with van der Waals surface area (Å²) in [4.78, 5) is 17.1. The molecule has 3 rings (SSSR count). The average molecular weight is 311 g/mol. The number of hydrogen-bond acceptors (Lipinski definition) is 3. The summed E-state index contributed by atoms with van der Waals surface area (Å²) in [5, 5.41) is 11.2. The van der Waals surface area contributed by atoms with Gasteiger partial charge in [-0.2, -0.15) is 4.73 Å². The third kappa shape index (κ3) is 2.99. The lowest BCUT2D eigenvalue weighted by Crippen LogP contribution is -2.43. The molecule has 23 heavy (non-hydrogen) atoms. The Morgan fingerprint density at radius 2 is 1.96 bits per heavy atom. The number of hydrogen-bond donors (Lipinski definition) is 0. The number of amides is 1. The lowest BCUT2D eigenvalue weighted by atomic mass is 10.1. The van der Waals surface area contributed by atoms with Crippen LogP contribution in [-0.2, 0) is 6.54 Å². The van der Waals surface area contributed by atoms with Gasteiger partial charge in [0, 0.05) is 44.0 Å². The van der Waals surface area contributed by atoms with E-state index in [1.165, 1.54) is 18.1 Å². The highest BCUT2D eigenvalue weighted by Gasteiger charge is 2.29. The van der Waals surface area contributed by atoms with Gasteiger partial charge in [0.2, 0.25) is 0 Å². The van der Waals surface area contributed by atoms with E-state index < -0.39 is 0 Å². The second-order valence-corrected chi connectivity index (χ2v) is 5.95. The number of benzene rings is 1. The van der Waals surface area contributed by atoms with E-state index in [1.807, 2.05) is 17.0 Å². The lowest BCUT2D eigenvalue weighted by molar-refractivity contribution is -0.605. The first-order valence-electron chi connectivity index (χ1n) is 7.89. The van der Waals surface area contributed by atoms with Gasteiger partial charge in [-0.1, -0.05) is 25.1 Å². The van der Waals surface area contributed by atoms with E-state index >= 15 is 0 Å².